The van der Waals surface area contributed by atoms with Crippen molar-refractivity contribution in [2.75, 3.05) is 13.7 Å². The first-order valence-corrected chi connectivity index (χ1v) is 19.2. The molecule has 2 aliphatic heterocycles. The number of amides is 3. The lowest BCUT2D eigenvalue weighted by atomic mass is 9.95. The van der Waals surface area contributed by atoms with Gasteiger partial charge in [-0.3, -0.25) is 39.2 Å². The van der Waals surface area contributed by atoms with Gasteiger partial charge in [0.2, 0.25) is 11.8 Å². The molecule has 5 atom stereocenters. The Kier molecular flexibility index (Phi) is 15.1. The normalized spacial score (nSPS) is 18.8. The molecule has 0 saturated carbocycles. The van der Waals surface area contributed by atoms with Crippen molar-refractivity contribution in [1.29, 1.82) is 0 Å². The van der Waals surface area contributed by atoms with Crippen molar-refractivity contribution in [2.45, 2.75) is 81.2 Å². The van der Waals surface area contributed by atoms with Crippen LogP contribution in [0.2, 0.25) is 0 Å². The van der Waals surface area contributed by atoms with Gasteiger partial charge in [-0.2, -0.15) is 0 Å². The van der Waals surface area contributed by atoms with E-state index in [9.17, 15) is 39.0 Å². The van der Waals surface area contributed by atoms with Gasteiger partial charge < -0.3 is 41.2 Å². The van der Waals surface area contributed by atoms with Crippen molar-refractivity contribution < 1.29 is 34.5 Å². The van der Waals surface area contributed by atoms with E-state index in [4.69, 9.17) is 10.8 Å². The molecule has 20 heteroatoms. The van der Waals surface area contributed by atoms with Crippen molar-refractivity contribution in [1.82, 2.24) is 45.1 Å². The van der Waals surface area contributed by atoms with Gasteiger partial charge in [0.25, 0.3) is 11.5 Å². The molecule has 0 aliphatic carbocycles. The molecule has 2 fully saturated rings. The molecular formula is C38H52N10O9S. The molecule has 314 valence electrons. The highest BCUT2D eigenvalue weighted by Crippen LogP contribution is 2.50. The van der Waals surface area contributed by atoms with Crippen LogP contribution in [0, 0.1) is 0 Å². The lowest BCUT2D eigenvalue weighted by Gasteiger charge is -2.43. The number of hydrogen-bond donors (Lipinski definition) is 8. The minimum Gasteiger partial charge on any atom is -0.480 e. The number of rotatable bonds is 12. The third-order valence-electron chi connectivity index (χ3n) is 9.35. The van der Waals surface area contributed by atoms with E-state index >= 15 is 0 Å². The van der Waals surface area contributed by atoms with Crippen LogP contribution in [0.15, 0.2) is 70.5 Å². The zero-order chi connectivity index (χ0) is 43.1. The summed E-state index contributed by atoms with van der Waals surface area (Å²) in [5.41, 5.74) is 13.8. The number of nitrogens with zero attached hydrogens (tertiary/aromatic N) is 5. The highest BCUT2D eigenvalue weighted by atomic mass is 32.2. The average molecular weight is 825 g/mol. The van der Waals surface area contributed by atoms with E-state index in [1.54, 1.807) is 38.1 Å². The summed E-state index contributed by atoms with van der Waals surface area (Å²) < 4.78 is 3.05. The molecule has 2 aromatic heterocycles. The second kappa shape index (κ2) is 19.4. The number of aliphatic hydroxyl groups excluding tert-OH is 2. The summed E-state index contributed by atoms with van der Waals surface area (Å²) in [5, 5.41) is 32.7. The predicted octanol–water partition coefficient (Wildman–Crippen LogP) is -0.846. The minimum atomic E-state index is -1.03. The molecule has 2 aliphatic rings. The van der Waals surface area contributed by atoms with Gasteiger partial charge in [0.1, 0.15) is 23.5 Å². The number of nitrogens with two attached hydrogens (primary N) is 1. The molecule has 4 heterocycles. The molecule has 0 spiro atoms. The van der Waals surface area contributed by atoms with Crippen LogP contribution < -0.4 is 38.5 Å². The van der Waals surface area contributed by atoms with Crippen LogP contribution in [0.5, 0.6) is 0 Å². The number of fused-ring (bicyclic) bond motifs is 2. The van der Waals surface area contributed by atoms with E-state index < -0.39 is 58.7 Å². The Balaban J connectivity index is 0.000000198. The van der Waals surface area contributed by atoms with E-state index in [-0.39, 0.29) is 40.9 Å². The van der Waals surface area contributed by atoms with Gasteiger partial charge >= 0.3 is 11.7 Å². The average Bonchev–Trinajstić information content (AvgIpc) is 3.73. The monoisotopic (exact) mass is 824 g/mol. The number of β-lactam (4-membered cyclic amide) rings is 1. The second-order valence-electron chi connectivity index (χ2n) is 14.5. The number of nitrogens with one attached hydrogen (secondary N) is 4. The maximum Gasteiger partial charge on any atom is 0.332 e. The van der Waals surface area contributed by atoms with Crippen molar-refractivity contribution in [3.8, 4) is 0 Å². The number of aryl methyl sites for hydroxylation is 1. The smallest absolute Gasteiger partial charge is 0.332 e. The summed E-state index contributed by atoms with van der Waals surface area (Å²) in [5.74, 6) is -1.88. The van der Waals surface area contributed by atoms with E-state index in [2.05, 4.69) is 26.5 Å². The Morgan fingerprint density at radius 1 is 1.00 bits per heavy atom. The van der Waals surface area contributed by atoms with E-state index in [0.29, 0.717) is 11.1 Å². The highest BCUT2D eigenvalue weighted by Gasteiger charge is 2.64. The van der Waals surface area contributed by atoms with Gasteiger partial charge in [-0.1, -0.05) is 42.5 Å². The molecule has 2 saturated heterocycles. The fourth-order valence-electron chi connectivity index (χ4n) is 6.33. The van der Waals surface area contributed by atoms with Crippen molar-refractivity contribution in [2.24, 2.45) is 19.8 Å². The summed E-state index contributed by atoms with van der Waals surface area (Å²) in [4.78, 5) is 76.8. The van der Waals surface area contributed by atoms with Crippen LogP contribution in [0.3, 0.4) is 0 Å². The fourth-order valence-corrected chi connectivity index (χ4v) is 7.96. The molecule has 4 aromatic rings. The van der Waals surface area contributed by atoms with Crippen molar-refractivity contribution in [3.63, 3.8) is 0 Å². The number of thioether (sulfide) groups is 1. The van der Waals surface area contributed by atoms with Crippen LogP contribution in [-0.4, -0.2) is 111 Å². The summed E-state index contributed by atoms with van der Waals surface area (Å²) in [6.07, 6.45) is 0.383. The van der Waals surface area contributed by atoms with Gasteiger partial charge in [-0.25, -0.2) is 14.6 Å². The lowest BCUT2D eigenvalue weighted by molar-refractivity contribution is -0.161. The van der Waals surface area contributed by atoms with E-state index in [1.807, 2.05) is 51.2 Å². The van der Waals surface area contributed by atoms with E-state index in [1.165, 1.54) is 46.2 Å². The third-order valence-corrected chi connectivity index (χ3v) is 10.9. The van der Waals surface area contributed by atoms with Crippen LogP contribution >= 0.6 is 11.8 Å². The van der Waals surface area contributed by atoms with Crippen LogP contribution in [0.4, 0.5) is 0 Å². The number of aliphatic carboxylic acids is 1. The lowest BCUT2D eigenvalue weighted by Crippen LogP contribution is -2.71. The summed E-state index contributed by atoms with van der Waals surface area (Å²) in [7, 11) is 4.72. The second-order valence-corrected chi connectivity index (χ2v) is 16.3. The van der Waals surface area contributed by atoms with Gasteiger partial charge in [-0.05, 0) is 58.0 Å². The quantitative estimate of drug-likeness (QED) is 0.0640. The molecule has 9 N–H and O–H groups in total. The Morgan fingerprint density at radius 3 is 2.21 bits per heavy atom. The number of benzene rings is 2. The Labute approximate surface area is 338 Å². The summed E-state index contributed by atoms with van der Waals surface area (Å²) in [6.45, 7) is 7.84. The molecule has 19 nitrogen and oxygen atoms in total. The number of aliphatic hydroxyl groups is 2. The fraction of sp³-hybridized carbons (Fsp3) is 0.447. The number of hydrogen-bond acceptors (Lipinski definition) is 13. The Morgan fingerprint density at radius 2 is 1.64 bits per heavy atom. The molecular weight excluding hydrogens is 773 g/mol. The standard InChI is InChI=1S/C16H19N3O4S.C12H19N3O.C10H14N4O4/c1-16(2)11(15(22)23)19-13(21)10(14(19)24-16)18-12(20)9(17)8-6-4-3-5-7-8;1-9(2)15-12(16)11-6-4-10(5-7-11)8-14-13-3;1-12-8-7(9(17)13(2)10(12)18)14(5-11-8)3-6(16)4-15/h3-7,9-11,14H,17H2,1-2H3,(H,18,20)(H,22,23);4-7,9,13-14H,8H2,1-3H3,(H,15,16);5-6,15-16H,3-4H2,1-2H3/t9-,10-,11+,14-;;/m1../s1. The molecule has 0 radical (unpaired) electrons. The van der Waals surface area contributed by atoms with Gasteiger partial charge in [0, 0.05) is 37.0 Å². The topological polar surface area (TPSA) is 268 Å². The zero-order valence-electron chi connectivity index (χ0n) is 33.4. The zero-order valence-corrected chi connectivity index (χ0v) is 34.2. The summed E-state index contributed by atoms with van der Waals surface area (Å²) in [6, 6.07) is 14.1. The molecule has 3 amide bonds. The van der Waals surface area contributed by atoms with Crippen LogP contribution in [0.25, 0.3) is 11.2 Å². The molecule has 58 heavy (non-hydrogen) atoms. The predicted molar refractivity (Wildman–Crippen MR) is 217 cm³/mol. The number of imidazole rings is 1. The maximum absolute atomic E-state index is 12.3. The van der Waals surface area contributed by atoms with Crippen LogP contribution in [0.1, 0.15) is 55.2 Å². The van der Waals surface area contributed by atoms with Gasteiger partial charge in [0.15, 0.2) is 11.2 Å². The van der Waals surface area contributed by atoms with Gasteiger partial charge in [-0.15, -0.1) is 11.8 Å². The Bertz CT molecular complexity index is 2210. The Hall–Kier alpha value is -5.38. The first-order chi connectivity index (χ1) is 27.3. The molecule has 6 rings (SSSR count). The number of hydrazine groups is 1. The highest BCUT2D eigenvalue weighted by molar-refractivity contribution is 8.01. The SMILES string of the molecule is CC1(C)S[C@@H]2[C@H](NC(=O)[C@H](N)c3ccccc3)C(=O)N2[C@H]1C(=O)O.CNNCc1ccc(C(=O)NC(C)C)cc1.Cn1c(=O)c2c(ncn2CC(O)CO)n(C)c1=O. The van der Waals surface area contributed by atoms with Crippen molar-refractivity contribution >= 4 is 46.6 Å². The number of aromatic nitrogens is 4. The number of carboxylic acid groups (broad SMARTS) is 1. The molecule has 1 unspecified atom stereocenters. The van der Waals surface area contributed by atoms with Gasteiger partial charge in [0.05, 0.1) is 25.6 Å². The first-order valence-electron chi connectivity index (χ1n) is 18.4. The maximum atomic E-state index is 12.3. The first kappa shape index (κ1) is 45.3. The van der Waals surface area contributed by atoms with Crippen molar-refractivity contribution in [3.05, 3.63) is 98.5 Å². The number of carbonyl (C=O) groups excluding carboxylic acids is 3. The number of carboxylic acids is 1. The van der Waals surface area contributed by atoms with E-state index in [0.717, 1.165) is 16.7 Å². The largest absolute Gasteiger partial charge is 0.480 e. The van der Waals surface area contributed by atoms with Crippen LogP contribution in [-0.2, 0) is 41.6 Å². The molecule has 0 bridgehead atoms. The minimum absolute atomic E-state index is 0.0249. The molecule has 2 aromatic carbocycles. The number of carbonyl (C=O) groups is 4. The summed E-state index contributed by atoms with van der Waals surface area (Å²) >= 11 is 1.38. The third kappa shape index (κ3) is 10.2.